The summed E-state index contributed by atoms with van der Waals surface area (Å²) in [6.45, 7) is 2.03. The van der Waals surface area contributed by atoms with Gasteiger partial charge < -0.3 is 9.53 Å². The molecule has 14 heavy (non-hydrogen) atoms. The van der Waals surface area contributed by atoms with E-state index < -0.39 is 0 Å². The molecule has 3 heteroatoms. The van der Waals surface area contributed by atoms with Crippen molar-refractivity contribution in [2.24, 2.45) is 0 Å². The average Bonchev–Trinajstić information content (AvgIpc) is 2.19. The number of benzene rings is 1. The second-order valence-corrected chi connectivity index (χ2v) is 4.46. The Kier molecular flexibility index (Phi) is 4.53. The van der Waals surface area contributed by atoms with Crippen molar-refractivity contribution in [3.63, 3.8) is 0 Å². The maximum atomic E-state index is 10.3. The second kappa shape index (κ2) is 5.70. The first-order chi connectivity index (χ1) is 6.77. The zero-order valence-electron chi connectivity index (χ0n) is 8.40. The third-order valence-electron chi connectivity index (χ3n) is 1.83. The normalized spacial score (nSPS) is 12.1. The molecule has 0 unspecified atom stereocenters. The number of hydrogen-bond donors (Lipinski definition) is 0. The average molecular weight is 210 g/mol. The number of ether oxygens (including phenoxy) is 1. The first-order valence-corrected chi connectivity index (χ1v) is 5.39. The zero-order valence-corrected chi connectivity index (χ0v) is 9.21. The fourth-order valence-electron chi connectivity index (χ4n) is 1.12. The Balaban J connectivity index is 2.69. The minimum absolute atomic E-state index is 0.295. The molecule has 0 spiro atoms. The summed E-state index contributed by atoms with van der Waals surface area (Å²) >= 11 is 1.66. The molecule has 1 atom stereocenters. The van der Waals surface area contributed by atoms with E-state index in [4.69, 9.17) is 4.74 Å². The van der Waals surface area contributed by atoms with Crippen LogP contribution in [0.25, 0.3) is 0 Å². The van der Waals surface area contributed by atoms with Crippen molar-refractivity contribution in [1.29, 1.82) is 0 Å². The van der Waals surface area contributed by atoms with Crippen LogP contribution in [0.15, 0.2) is 29.2 Å². The van der Waals surface area contributed by atoms with Crippen molar-refractivity contribution in [3.8, 4) is 5.75 Å². The van der Waals surface area contributed by atoms with Gasteiger partial charge >= 0.3 is 0 Å². The standard InChI is InChI=1S/C11H14O2S/c1-9(7-8-12)14-11-6-4-3-5-10(11)13-2/h3-6,8-9H,7H2,1-2H3/t9-/m0/s1. The molecule has 76 valence electrons. The Bertz CT molecular complexity index is 299. The number of carbonyl (C=O) groups excluding carboxylic acids is 1. The van der Waals surface area contributed by atoms with E-state index in [1.54, 1.807) is 18.9 Å². The minimum atomic E-state index is 0.295. The fraction of sp³-hybridized carbons (Fsp3) is 0.364. The van der Waals surface area contributed by atoms with Crippen LogP contribution in [0.5, 0.6) is 5.75 Å². The summed E-state index contributed by atoms with van der Waals surface area (Å²) in [7, 11) is 1.66. The predicted molar refractivity (Wildman–Crippen MR) is 59.0 cm³/mol. The molecule has 1 aromatic rings. The van der Waals surface area contributed by atoms with Gasteiger partial charge in [-0.3, -0.25) is 0 Å². The molecule has 0 aromatic heterocycles. The van der Waals surface area contributed by atoms with Crippen LogP contribution in [0.4, 0.5) is 0 Å². The number of hydrogen-bond acceptors (Lipinski definition) is 3. The molecule has 2 nitrogen and oxygen atoms in total. The van der Waals surface area contributed by atoms with Crippen molar-refractivity contribution in [2.45, 2.75) is 23.5 Å². The third kappa shape index (κ3) is 3.07. The van der Waals surface area contributed by atoms with Gasteiger partial charge in [-0.15, -0.1) is 11.8 Å². The first kappa shape index (κ1) is 11.1. The van der Waals surface area contributed by atoms with Crippen LogP contribution in [0.2, 0.25) is 0 Å². The lowest BCUT2D eigenvalue weighted by atomic mass is 10.3. The van der Waals surface area contributed by atoms with Crippen LogP contribution < -0.4 is 4.74 Å². The molecule has 0 N–H and O–H groups in total. The van der Waals surface area contributed by atoms with Crippen molar-refractivity contribution < 1.29 is 9.53 Å². The fourth-order valence-corrected chi connectivity index (χ4v) is 2.15. The van der Waals surface area contributed by atoms with E-state index in [0.29, 0.717) is 11.7 Å². The van der Waals surface area contributed by atoms with Gasteiger partial charge in [-0.1, -0.05) is 19.1 Å². The molecule has 0 aliphatic carbocycles. The van der Waals surface area contributed by atoms with Crippen molar-refractivity contribution in [2.75, 3.05) is 7.11 Å². The number of rotatable bonds is 5. The number of thioether (sulfide) groups is 1. The maximum absolute atomic E-state index is 10.3. The summed E-state index contributed by atoms with van der Waals surface area (Å²) in [6.07, 6.45) is 1.52. The van der Waals surface area contributed by atoms with E-state index in [-0.39, 0.29) is 0 Å². The Morgan fingerprint density at radius 2 is 2.21 bits per heavy atom. The van der Waals surface area contributed by atoms with E-state index in [0.717, 1.165) is 16.9 Å². The summed E-state index contributed by atoms with van der Waals surface area (Å²) in [5.41, 5.74) is 0. The highest BCUT2D eigenvalue weighted by molar-refractivity contribution is 8.00. The van der Waals surface area contributed by atoms with Gasteiger partial charge in [-0.25, -0.2) is 0 Å². The van der Waals surface area contributed by atoms with Gasteiger partial charge in [0.15, 0.2) is 0 Å². The molecule has 0 amide bonds. The number of para-hydroxylation sites is 1. The third-order valence-corrected chi connectivity index (χ3v) is 3.01. The lowest BCUT2D eigenvalue weighted by Gasteiger charge is -2.10. The molecule has 0 heterocycles. The highest BCUT2D eigenvalue weighted by Gasteiger charge is 2.07. The van der Waals surface area contributed by atoms with E-state index in [9.17, 15) is 4.79 Å². The van der Waals surface area contributed by atoms with Crippen LogP contribution in [-0.4, -0.2) is 18.6 Å². The monoisotopic (exact) mass is 210 g/mol. The summed E-state index contributed by atoms with van der Waals surface area (Å²) in [4.78, 5) is 11.4. The van der Waals surface area contributed by atoms with Gasteiger partial charge in [0.2, 0.25) is 0 Å². The van der Waals surface area contributed by atoms with Crippen molar-refractivity contribution in [1.82, 2.24) is 0 Å². The number of methoxy groups -OCH3 is 1. The first-order valence-electron chi connectivity index (χ1n) is 4.51. The van der Waals surface area contributed by atoms with E-state index in [1.165, 1.54) is 0 Å². The van der Waals surface area contributed by atoms with Gasteiger partial charge in [-0.05, 0) is 12.1 Å². The lowest BCUT2D eigenvalue weighted by molar-refractivity contribution is -0.107. The molecule has 0 aliphatic heterocycles. The van der Waals surface area contributed by atoms with Gasteiger partial charge in [0.1, 0.15) is 12.0 Å². The molecule has 0 fully saturated rings. The molecule has 0 bridgehead atoms. The van der Waals surface area contributed by atoms with E-state index in [2.05, 4.69) is 0 Å². The molecule has 0 aliphatic rings. The maximum Gasteiger partial charge on any atom is 0.132 e. The zero-order chi connectivity index (χ0) is 10.4. The van der Waals surface area contributed by atoms with E-state index >= 15 is 0 Å². The lowest BCUT2D eigenvalue weighted by Crippen LogP contribution is -1.97. The van der Waals surface area contributed by atoms with Crippen molar-refractivity contribution in [3.05, 3.63) is 24.3 Å². The summed E-state index contributed by atoms with van der Waals surface area (Å²) in [6, 6.07) is 7.84. The Labute approximate surface area is 88.7 Å². The largest absolute Gasteiger partial charge is 0.496 e. The molecule has 0 saturated carbocycles. The van der Waals surface area contributed by atoms with E-state index in [1.807, 2.05) is 31.2 Å². The van der Waals surface area contributed by atoms with Crippen LogP contribution in [0, 0.1) is 0 Å². The highest BCUT2D eigenvalue weighted by Crippen LogP contribution is 2.32. The van der Waals surface area contributed by atoms with Crippen LogP contribution in [0.3, 0.4) is 0 Å². The quantitative estimate of drug-likeness (QED) is 0.552. The molecule has 0 radical (unpaired) electrons. The molecular weight excluding hydrogens is 196 g/mol. The predicted octanol–water partition coefficient (Wildman–Crippen LogP) is 2.76. The molecule has 1 rings (SSSR count). The molecular formula is C11H14O2S. The van der Waals surface area contributed by atoms with Gasteiger partial charge in [0, 0.05) is 16.6 Å². The van der Waals surface area contributed by atoms with Gasteiger partial charge in [-0.2, -0.15) is 0 Å². The second-order valence-electron chi connectivity index (χ2n) is 2.98. The topological polar surface area (TPSA) is 26.3 Å². The van der Waals surface area contributed by atoms with Crippen LogP contribution >= 0.6 is 11.8 Å². The smallest absolute Gasteiger partial charge is 0.132 e. The van der Waals surface area contributed by atoms with Gasteiger partial charge in [0.05, 0.1) is 7.11 Å². The summed E-state index contributed by atoms with van der Waals surface area (Å²) in [5, 5.41) is 0.295. The Hall–Kier alpha value is -0.960. The SMILES string of the molecule is COc1ccccc1S[C@@H](C)CC=O. The van der Waals surface area contributed by atoms with Gasteiger partial charge in [0.25, 0.3) is 0 Å². The number of aldehydes is 1. The summed E-state index contributed by atoms with van der Waals surface area (Å²) in [5.74, 6) is 0.871. The minimum Gasteiger partial charge on any atom is -0.496 e. The Morgan fingerprint density at radius 3 is 2.86 bits per heavy atom. The number of carbonyl (C=O) groups is 1. The highest BCUT2D eigenvalue weighted by atomic mass is 32.2. The molecule has 1 aromatic carbocycles. The van der Waals surface area contributed by atoms with Crippen LogP contribution in [-0.2, 0) is 4.79 Å². The van der Waals surface area contributed by atoms with Crippen molar-refractivity contribution >= 4 is 18.0 Å². The molecule has 0 saturated heterocycles. The Morgan fingerprint density at radius 1 is 1.50 bits per heavy atom. The van der Waals surface area contributed by atoms with Crippen LogP contribution in [0.1, 0.15) is 13.3 Å². The summed E-state index contributed by atoms with van der Waals surface area (Å²) < 4.78 is 5.22.